The molecule has 0 aliphatic heterocycles. The lowest BCUT2D eigenvalue weighted by molar-refractivity contribution is 0.145. The summed E-state index contributed by atoms with van der Waals surface area (Å²) in [6.45, 7) is 7.34. The molecule has 0 saturated heterocycles. The number of guanidine groups is 1. The van der Waals surface area contributed by atoms with Gasteiger partial charge in [-0.15, -0.1) is 46.7 Å². The van der Waals surface area contributed by atoms with Crippen LogP contribution in [-0.2, 0) is 11.2 Å². The van der Waals surface area contributed by atoms with E-state index in [1.54, 1.807) is 18.4 Å². The number of thiazole rings is 1. The molecule has 2 heterocycles. The highest BCUT2D eigenvalue weighted by atomic mass is 127. The summed E-state index contributed by atoms with van der Waals surface area (Å²) >= 11 is 3.51. The van der Waals surface area contributed by atoms with Crippen molar-refractivity contribution in [2.24, 2.45) is 4.99 Å². The van der Waals surface area contributed by atoms with Crippen molar-refractivity contribution in [2.75, 3.05) is 33.4 Å². The van der Waals surface area contributed by atoms with E-state index < -0.39 is 0 Å². The lowest BCUT2D eigenvalue weighted by Gasteiger charge is -2.11. The molecule has 0 saturated carbocycles. The van der Waals surface area contributed by atoms with Crippen LogP contribution in [0.2, 0.25) is 0 Å². The van der Waals surface area contributed by atoms with Gasteiger partial charge in [-0.2, -0.15) is 0 Å². The van der Waals surface area contributed by atoms with Crippen molar-refractivity contribution in [3.8, 4) is 10.6 Å². The zero-order valence-electron chi connectivity index (χ0n) is 15.0. The van der Waals surface area contributed by atoms with Crippen molar-refractivity contribution in [1.82, 2.24) is 15.6 Å². The van der Waals surface area contributed by atoms with Crippen LogP contribution in [0.15, 0.2) is 22.5 Å². The first kappa shape index (κ1) is 22.3. The van der Waals surface area contributed by atoms with Crippen molar-refractivity contribution in [3.05, 3.63) is 27.4 Å². The number of halogens is 1. The van der Waals surface area contributed by atoms with Crippen LogP contribution < -0.4 is 10.6 Å². The van der Waals surface area contributed by atoms with E-state index in [4.69, 9.17) is 4.74 Å². The van der Waals surface area contributed by atoms with Gasteiger partial charge in [-0.05, 0) is 38.8 Å². The molecule has 0 bridgehead atoms. The minimum Gasteiger partial charge on any atom is -0.382 e. The fourth-order valence-electron chi connectivity index (χ4n) is 2.18. The molecule has 0 amide bonds. The third-order valence-electron chi connectivity index (χ3n) is 3.38. The Morgan fingerprint density at radius 2 is 2.08 bits per heavy atom. The van der Waals surface area contributed by atoms with E-state index in [2.05, 4.69) is 38.1 Å². The fraction of sp³-hybridized carbons (Fsp3) is 0.529. The van der Waals surface area contributed by atoms with Crippen LogP contribution in [0.5, 0.6) is 0 Å². The Kier molecular flexibility index (Phi) is 11.3. The molecule has 0 aromatic carbocycles. The number of aliphatic imine (C=N–C) groups is 1. The van der Waals surface area contributed by atoms with Gasteiger partial charge in [0.25, 0.3) is 0 Å². The van der Waals surface area contributed by atoms with Crippen molar-refractivity contribution < 1.29 is 4.74 Å². The van der Waals surface area contributed by atoms with Crippen molar-refractivity contribution in [3.63, 3.8) is 0 Å². The minimum absolute atomic E-state index is 0. The lowest BCUT2D eigenvalue weighted by atomic mass is 10.3. The van der Waals surface area contributed by atoms with Gasteiger partial charge in [-0.1, -0.05) is 0 Å². The summed E-state index contributed by atoms with van der Waals surface area (Å²) in [5.74, 6) is 0.846. The van der Waals surface area contributed by atoms with Crippen LogP contribution in [0.25, 0.3) is 10.6 Å². The first-order valence-corrected chi connectivity index (χ1v) is 9.96. The summed E-state index contributed by atoms with van der Waals surface area (Å²) in [5, 5.41) is 9.89. The molecule has 0 atom stereocenters. The van der Waals surface area contributed by atoms with E-state index in [0.717, 1.165) is 55.8 Å². The number of nitrogens with zero attached hydrogens (tertiary/aromatic N) is 2. The Balaban J connectivity index is 0.00000312. The van der Waals surface area contributed by atoms with Gasteiger partial charge in [0.2, 0.25) is 0 Å². The van der Waals surface area contributed by atoms with E-state index >= 15 is 0 Å². The number of hydrogen-bond donors (Lipinski definition) is 2. The van der Waals surface area contributed by atoms with Crippen LogP contribution >= 0.6 is 46.7 Å². The summed E-state index contributed by atoms with van der Waals surface area (Å²) < 4.78 is 5.32. The zero-order chi connectivity index (χ0) is 17.2. The molecule has 0 radical (unpaired) electrons. The molecule has 0 aliphatic carbocycles. The third-order valence-corrected chi connectivity index (χ3v) is 5.32. The van der Waals surface area contributed by atoms with Crippen LogP contribution in [-0.4, -0.2) is 44.3 Å². The molecular weight excluding hydrogens is 467 g/mol. The monoisotopic (exact) mass is 494 g/mol. The Bertz CT molecular complexity index is 642. The van der Waals surface area contributed by atoms with E-state index in [-0.39, 0.29) is 24.0 Å². The Hall–Kier alpha value is -0.710. The number of ether oxygens (including phenoxy) is 1. The molecule has 0 aliphatic rings. The second-order valence-corrected chi connectivity index (χ2v) is 7.47. The average molecular weight is 494 g/mol. The first-order valence-electron chi connectivity index (χ1n) is 8.26. The Morgan fingerprint density at radius 3 is 2.76 bits per heavy atom. The topological polar surface area (TPSA) is 58.5 Å². The third kappa shape index (κ3) is 8.02. The molecule has 140 valence electrons. The summed E-state index contributed by atoms with van der Waals surface area (Å²) in [6.07, 6.45) is 1.96. The maximum atomic E-state index is 5.32. The highest BCUT2D eigenvalue weighted by Gasteiger charge is 2.06. The summed E-state index contributed by atoms with van der Waals surface area (Å²) in [4.78, 5) is 11.4. The first-order chi connectivity index (χ1) is 11.7. The standard InChI is InChI=1S/C17H26N4OS2.HI/c1-4-22-11-5-9-19-17(18-3)20-10-8-14-6-7-16(24-14)15-12-23-13(2)21-15;/h6-7,12H,4-5,8-11H2,1-3H3,(H2,18,19,20);1H. The Labute approximate surface area is 175 Å². The highest BCUT2D eigenvalue weighted by molar-refractivity contribution is 14.0. The smallest absolute Gasteiger partial charge is 0.190 e. The van der Waals surface area contributed by atoms with Gasteiger partial charge >= 0.3 is 0 Å². The van der Waals surface area contributed by atoms with Crippen molar-refractivity contribution >= 4 is 52.6 Å². The number of hydrogen-bond acceptors (Lipinski definition) is 5. The second kappa shape index (κ2) is 12.6. The van der Waals surface area contributed by atoms with Gasteiger partial charge in [0.05, 0.1) is 15.6 Å². The predicted octanol–water partition coefficient (Wildman–Crippen LogP) is 3.93. The fourth-order valence-corrected chi connectivity index (χ4v) is 3.83. The van der Waals surface area contributed by atoms with Crippen LogP contribution in [0.4, 0.5) is 0 Å². The largest absolute Gasteiger partial charge is 0.382 e. The summed E-state index contributed by atoms with van der Waals surface area (Å²) in [6, 6.07) is 4.35. The SMILES string of the molecule is CCOCCCNC(=NC)NCCc1ccc(-c2csc(C)n2)s1.I. The number of aryl methyl sites for hydroxylation is 1. The van der Waals surface area contributed by atoms with Crippen molar-refractivity contribution in [2.45, 2.75) is 26.7 Å². The number of rotatable bonds is 9. The van der Waals surface area contributed by atoms with E-state index in [0.29, 0.717) is 0 Å². The molecule has 25 heavy (non-hydrogen) atoms. The number of nitrogens with one attached hydrogen (secondary N) is 2. The highest BCUT2D eigenvalue weighted by Crippen LogP contribution is 2.29. The molecule has 0 fully saturated rings. The average Bonchev–Trinajstić information content (AvgIpc) is 3.22. The van der Waals surface area contributed by atoms with E-state index in [9.17, 15) is 0 Å². The molecule has 8 heteroatoms. The minimum atomic E-state index is 0. The van der Waals surface area contributed by atoms with E-state index in [1.807, 2.05) is 25.2 Å². The number of thiophene rings is 1. The van der Waals surface area contributed by atoms with Crippen LogP contribution in [0.3, 0.4) is 0 Å². The van der Waals surface area contributed by atoms with Gasteiger partial charge < -0.3 is 15.4 Å². The molecule has 0 unspecified atom stereocenters. The molecule has 2 N–H and O–H groups in total. The van der Waals surface area contributed by atoms with Gasteiger partial charge in [-0.3, -0.25) is 4.99 Å². The maximum absolute atomic E-state index is 5.32. The van der Waals surface area contributed by atoms with Crippen molar-refractivity contribution in [1.29, 1.82) is 0 Å². The van der Waals surface area contributed by atoms with Crippen LogP contribution in [0.1, 0.15) is 23.2 Å². The summed E-state index contributed by atoms with van der Waals surface area (Å²) in [5.41, 5.74) is 1.09. The molecule has 2 aromatic rings. The van der Waals surface area contributed by atoms with Gasteiger partial charge in [-0.25, -0.2) is 4.98 Å². The lowest BCUT2D eigenvalue weighted by Crippen LogP contribution is -2.38. The zero-order valence-corrected chi connectivity index (χ0v) is 19.0. The number of aromatic nitrogens is 1. The quantitative estimate of drug-likeness (QED) is 0.240. The molecule has 2 aromatic heterocycles. The molecular formula is C17H27IN4OS2. The second-order valence-electron chi connectivity index (χ2n) is 5.24. The molecule has 5 nitrogen and oxygen atoms in total. The van der Waals surface area contributed by atoms with Crippen LogP contribution in [0, 0.1) is 6.92 Å². The molecule has 0 spiro atoms. The normalized spacial score (nSPS) is 11.2. The maximum Gasteiger partial charge on any atom is 0.190 e. The van der Waals surface area contributed by atoms with Gasteiger partial charge in [0.1, 0.15) is 0 Å². The molecule has 2 rings (SSSR count). The van der Waals surface area contributed by atoms with Gasteiger partial charge in [0, 0.05) is 43.6 Å². The van der Waals surface area contributed by atoms with Gasteiger partial charge in [0.15, 0.2) is 5.96 Å². The summed E-state index contributed by atoms with van der Waals surface area (Å²) in [7, 11) is 1.80. The van der Waals surface area contributed by atoms with E-state index in [1.165, 1.54) is 9.75 Å². The Morgan fingerprint density at radius 1 is 1.28 bits per heavy atom. The predicted molar refractivity (Wildman–Crippen MR) is 120 cm³/mol.